The standard InChI is InChI=1S/C43H25NS2/c44-26-27-21-31(28-9-2-1-3-10-28)23-32(22-27)34-14-8-13-33(29-17-19-41-37(24-29)35-11-4-6-15-39(35)45-41)43(34)30-18-20-42-38(25-30)36-12-5-7-16-40(36)46-42/h1-25H. The first-order valence-electron chi connectivity index (χ1n) is 15.3. The first kappa shape index (κ1) is 26.8. The predicted molar refractivity (Wildman–Crippen MR) is 199 cm³/mol. The Morgan fingerprint density at radius 2 is 0.913 bits per heavy atom. The topological polar surface area (TPSA) is 23.8 Å². The molecule has 0 N–H and O–H groups in total. The molecule has 0 atom stereocenters. The Bertz CT molecular complexity index is 2650. The van der Waals surface area contributed by atoms with Crippen molar-refractivity contribution < 1.29 is 0 Å². The highest BCUT2D eigenvalue weighted by Crippen LogP contribution is 2.45. The number of nitrogens with zero attached hydrogens (tertiary/aromatic N) is 1. The van der Waals surface area contributed by atoms with Gasteiger partial charge in [0.1, 0.15) is 0 Å². The van der Waals surface area contributed by atoms with Crippen molar-refractivity contribution in [1.29, 1.82) is 5.26 Å². The van der Waals surface area contributed by atoms with Crippen molar-refractivity contribution in [3.8, 4) is 50.6 Å². The zero-order chi connectivity index (χ0) is 30.6. The normalized spacial score (nSPS) is 11.5. The molecule has 0 amide bonds. The Kier molecular flexibility index (Phi) is 6.31. The summed E-state index contributed by atoms with van der Waals surface area (Å²) in [5, 5.41) is 15.2. The van der Waals surface area contributed by atoms with Crippen molar-refractivity contribution in [1.82, 2.24) is 0 Å². The minimum Gasteiger partial charge on any atom is -0.192 e. The lowest BCUT2D eigenvalue weighted by Gasteiger charge is -2.18. The van der Waals surface area contributed by atoms with Gasteiger partial charge in [-0.2, -0.15) is 5.26 Å². The highest BCUT2D eigenvalue weighted by atomic mass is 32.1. The smallest absolute Gasteiger partial charge is 0.0992 e. The predicted octanol–water partition coefficient (Wildman–Crippen LogP) is 13.0. The van der Waals surface area contributed by atoms with E-state index >= 15 is 0 Å². The molecule has 2 heterocycles. The second-order valence-electron chi connectivity index (χ2n) is 11.6. The van der Waals surface area contributed by atoms with Crippen LogP contribution in [0, 0.1) is 11.3 Å². The van der Waals surface area contributed by atoms with Gasteiger partial charge in [-0.05, 0) is 99.1 Å². The molecule has 214 valence electrons. The van der Waals surface area contributed by atoms with Gasteiger partial charge in [0.2, 0.25) is 0 Å². The van der Waals surface area contributed by atoms with Crippen molar-refractivity contribution in [3.05, 3.63) is 157 Å². The summed E-state index contributed by atoms with van der Waals surface area (Å²) < 4.78 is 5.18. The Morgan fingerprint density at radius 1 is 0.370 bits per heavy atom. The second-order valence-corrected chi connectivity index (χ2v) is 13.8. The van der Waals surface area contributed by atoms with Crippen molar-refractivity contribution in [2.45, 2.75) is 0 Å². The van der Waals surface area contributed by atoms with Crippen LogP contribution in [0.3, 0.4) is 0 Å². The summed E-state index contributed by atoms with van der Waals surface area (Å²) >= 11 is 3.68. The number of hydrogen-bond donors (Lipinski definition) is 0. The van der Waals surface area contributed by atoms with Crippen molar-refractivity contribution in [3.63, 3.8) is 0 Å². The third-order valence-corrected chi connectivity index (χ3v) is 11.2. The van der Waals surface area contributed by atoms with E-state index in [9.17, 15) is 5.26 Å². The number of hydrogen-bond acceptors (Lipinski definition) is 3. The van der Waals surface area contributed by atoms with Crippen LogP contribution in [0.15, 0.2) is 152 Å². The average molecular weight is 620 g/mol. The lowest BCUT2D eigenvalue weighted by atomic mass is 9.85. The zero-order valence-corrected chi connectivity index (χ0v) is 26.3. The molecule has 0 aliphatic heterocycles. The Hall–Kier alpha value is -5.53. The van der Waals surface area contributed by atoms with E-state index in [-0.39, 0.29) is 0 Å². The SMILES string of the molecule is N#Cc1cc(-c2ccccc2)cc(-c2cccc(-c3ccc4sc5ccccc5c4c3)c2-c2ccc3sc4ccccc4c3c2)c1. The van der Waals surface area contributed by atoms with E-state index in [0.29, 0.717) is 5.56 Å². The lowest BCUT2D eigenvalue weighted by Crippen LogP contribution is -1.92. The van der Waals surface area contributed by atoms with Gasteiger partial charge in [-0.15, -0.1) is 22.7 Å². The van der Waals surface area contributed by atoms with E-state index in [0.717, 1.165) is 22.3 Å². The summed E-state index contributed by atoms with van der Waals surface area (Å²) in [7, 11) is 0. The zero-order valence-electron chi connectivity index (χ0n) is 24.7. The molecule has 0 bridgehead atoms. The van der Waals surface area contributed by atoms with E-state index in [4.69, 9.17) is 0 Å². The summed E-state index contributed by atoms with van der Waals surface area (Å²) in [5.41, 5.74) is 9.63. The first-order chi connectivity index (χ1) is 22.7. The minimum absolute atomic E-state index is 0.651. The molecule has 0 fully saturated rings. The van der Waals surface area contributed by atoms with Gasteiger partial charge < -0.3 is 0 Å². The fourth-order valence-corrected chi connectivity index (χ4v) is 8.94. The summed E-state index contributed by atoms with van der Waals surface area (Å²) in [4.78, 5) is 0. The maximum absolute atomic E-state index is 10.1. The molecule has 1 nitrogen and oxygen atoms in total. The molecule has 0 aliphatic rings. The Morgan fingerprint density at radius 3 is 1.59 bits per heavy atom. The van der Waals surface area contributed by atoms with Crippen LogP contribution in [0.1, 0.15) is 5.56 Å². The molecule has 0 saturated carbocycles. The maximum Gasteiger partial charge on any atom is 0.0992 e. The van der Waals surface area contributed by atoms with Gasteiger partial charge in [-0.1, -0.05) is 97.1 Å². The molecule has 9 rings (SSSR count). The van der Waals surface area contributed by atoms with Gasteiger partial charge in [0, 0.05) is 40.3 Å². The molecule has 9 aromatic rings. The molecular weight excluding hydrogens is 595 g/mol. The molecule has 0 saturated heterocycles. The number of nitriles is 1. The molecule has 0 radical (unpaired) electrons. The van der Waals surface area contributed by atoms with E-state index in [2.05, 4.69) is 127 Å². The van der Waals surface area contributed by atoms with Gasteiger partial charge in [0.05, 0.1) is 11.6 Å². The quantitative estimate of drug-likeness (QED) is 0.192. The van der Waals surface area contributed by atoms with E-state index in [1.807, 2.05) is 53.0 Å². The molecule has 0 spiro atoms. The molecule has 46 heavy (non-hydrogen) atoms. The first-order valence-corrected chi connectivity index (χ1v) is 16.9. The average Bonchev–Trinajstić information content (AvgIpc) is 3.69. The number of thiophene rings is 2. The van der Waals surface area contributed by atoms with Crippen LogP contribution in [0.5, 0.6) is 0 Å². The third kappa shape index (κ3) is 4.43. The minimum atomic E-state index is 0.651. The van der Waals surface area contributed by atoms with Crippen LogP contribution in [-0.2, 0) is 0 Å². The number of fused-ring (bicyclic) bond motifs is 6. The van der Waals surface area contributed by atoms with Gasteiger partial charge in [-0.25, -0.2) is 0 Å². The van der Waals surface area contributed by atoms with Gasteiger partial charge >= 0.3 is 0 Å². The van der Waals surface area contributed by atoms with E-state index in [1.165, 1.54) is 62.6 Å². The number of benzene rings is 7. The molecule has 7 aromatic carbocycles. The summed E-state index contributed by atoms with van der Waals surface area (Å²) in [6.45, 7) is 0. The third-order valence-electron chi connectivity index (χ3n) is 8.90. The van der Waals surface area contributed by atoms with Crippen LogP contribution in [-0.4, -0.2) is 0 Å². The molecule has 3 heteroatoms. The second kappa shape index (κ2) is 10.8. The summed E-state index contributed by atoms with van der Waals surface area (Å²) in [5.74, 6) is 0. The van der Waals surface area contributed by atoms with E-state index in [1.54, 1.807) is 0 Å². The van der Waals surface area contributed by atoms with E-state index < -0.39 is 0 Å². The lowest BCUT2D eigenvalue weighted by molar-refractivity contribution is 1.48. The van der Waals surface area contributed by atoms with Gasteiger partial charge in [-0.3, -0.25) is 0 Å². The molecular formula is C43H25NS2. The van der Waals surface area contributed by atoms with Crippen LogP contribution in [0.25, 0.3) is 84.9 Å². The summed E-state index contributed by atoms with van der Waals surface area (Å²) in [6.07, 6.45) is 0. The van der Waals surface area contributed by atoms with Crippen LogP contribution in [0.4, 0.5) is 0 Å². The van der Waals surface area contributed by atoms with Gasteiger partial charge in [0.25, 0.3) is 0 Å². The maximum atomic E-state index is 10.1. The monoisotopic (exact) mass is 619 g/mol. The molecule has 0 unspecified atom stereocenters. The number of rotatable bonds is 4. The van der Waals surface area contributed by atoms with Crippen molar-refractivity contribution in [2.24, 2.45) is 0 Å². The molecule has 2 aromatic heterocycles. The fraction of sp³-hybridized carbons (Fsp3) is 0. The Balaban J connectivity index is 1.34. The van der Waals surface area contributed by atoms with Crippen LogP contribution >= 0.6 is 22.7 Å². The fourth-order valence-electron chi connectivity index (χ4n) is 6.76. The van der Waals surface area contributed by atoms with Gasteiger partial charge in [0.15, 0.2) is 0 Å². The highest BCUT2D eigenvalue weighted by Gasteiger charge is 2.18. The van der Waals surface area contributed by atoms with Crippen molar-refractivity contribution in [2.75, 3.05) is 0 Å². The van der Waals surface area contributed by atoms with Crippen LogP contribution < -0.4 is 0 Å². The van der Waals surface area contributed by atoms with Crippen molar-refractivity contribution >= 4 is 63.0 Å². The highest BCUT2D eigenvalue weighted by molar-refractivity contribution is 7.26. The van der Waals surface area contributed by atoms with Crippen LogP contribution in [0.2, 0.25) is 0 Å². The molecule has 0 aliphatic carbocycles. The Labute approximate surface area is 274 Å². The largest absolute Gasteiger partial charge is 0.192 e. The summed E-state index contributed by atoms with van der Waals surface area (Å²) in [6, 6.07) is 56.8.